The summed E-state index contributed by atoms with van der Waals surface area (Å²) in [7, 11) is 1.19. The van der Waals surface area contributed by atoms with Gasteiger partial charge in [-0.2, -0.15) is 0 Å². The fourth-order valence-electron chi connectivity index (χ4n) is 14.7. The third-order valence-corrected chi connectivity index (χ3v) is 18.3. The molecule has 0 spiro atoms. The van der Waals surface area contributed by atoms with E-state index in [4.69, 9.17) is 0 Å². The SMILES string of the molecule is C=C(C)[C@@H]1CC[C@]2(C(=O)NCCc3cccc(C(=O)NCc4ccc(C(=O)N[C@@H](C(=O)OC)[C@H](C)O)cc4)c3)CC[C@]3(C)C(CCC4[C@@]5(C)CC[C@H](O)C(C)(C)C5CC[C@]43C)C12. The number of allylic oxidation sites excluding steroid dienone is 1. The summed E-state index contributed by atoms with van der Waals surface area (Å²) >= 11 is 0. The van der Waals surface area contributed by atoms with Gasteiger partial charge in [0.1, 0.15) is 0 Å². The van der Waals surface area contributed by atoms with Gasteiger partial charge in [0, 0.05) is 24.2 Å². The number of methoxy groups -OCH3 is 1. The molecule has 0 heterocycles. The molecule has 0 aromatic heterocycles. The van der Waals surface area contributed by atoms with Crippen LogP contribution < -0.4 is 16.0 Å². The van der Waals surface area contributed by atoms with E-state index in [1.54, 1.807) is 30.3 Å². The van der Waals surface area contributed by atoms with Crippen molar-refractivity contribution in [3.8, 4) is 0 Å². The highest BCUT2D eigenvalue weighted by atomic mass is 16.5. The molecule has 5 aliphatic rings. The van der Waals surface area contributed by atoms with Crippen molar-refractivity contribution in [1.29, 1.82) is 0 Å². The summed E-state index contributed by atoms with van der Waals surface area (Å²) < 4.78 is 4.68. The molecule has 62 heavy (non-hydrogen) atoms. The maximum absolute atomic E-state index is 14.7. The number of benzene rings is 2. The lowest BCUT2D eigenvalue weighted by Crippen LogP contribution is -2.67. The molecule has 0 radical (unpaired) electrons. The lowest BCUT2D eigenvalue weighted by Gasteiger charge is -2.72. The number of fused-ring (bicyclic) bond motifs is 7. The normalized spacial score (nSPS) is 35.4. The van der Waals surface area contributed by atoms with Crippen molar-refractivity contribution in [3.05, 3.63) is 82.9 Å². The van der Waals surface area contributed by atoms with Crippen LogP contribution in [0.5, 0.6) is 0 Å². The van der Waals surface area contributed by atoms with Crippen LogP contribution in [0.2, 0.25) is 0 Å². The number of carbonyl (C=O) groups excluding carboxylic acids is 4. The van der Waals surface area contributed by atoms with Gasteiger partial charge < -0.3 is 30.9 Å². The third kappa shape index (κ3) is 7.73. The summed E-state index contributed by atoms with van der Waals surface area (Å²) in [4.78, 5) is 52.7. The zero-order valence-corrected chi connectivity index (χ0v) is 38.6. The number of hydrogen-bond donors (Lipinski definition) is 5. The molecule has 0 bridgehead atoms. The number of carbonyl (C=O) groups is 4. The van der Waals surface area contributed by atoms with E-state index in [2.05, 4.69) is 68.8 Å². The number of amides is 3. The first-order valence-electron chi connectivity index (χ1n) is 23.4. The molecular formula is C52H73N3O7. The highest BCUT2D eigenvalue weighted by Crippen LogP contribution is 2.77. The van der Waals surface area contributed by atoms with Crippen molar-refractivity contribution >= 4 is 23.7 Å². The van der Waals surface area contributed by atoms with Crippen molar-refractivity contribution in [2.45, 2.75) is 144 Å². The molecule has 5 N–H and O–H groups in total. The van der Waals surface area contributed by atoms with Crippen LogP contribution in [0.1, 0.15) is 145 Å². The van der Waals surface area contributed by atoms with Crippen molar-refractivity contribution in [2.24, 2.45) is 56.7 Å². The Bertz CT molecular complexity index is 2050. The first kappa shape index (κ1) is 46.0. The fraction of sp³-hybridized carbons (Fsp3) is 0.654. The lowest BCUT2D eigenvalue weighted by atomic mass is 9.32. The van der Waals surface area contributed by atoms with E-state index in [1.807, 2.05) is 18.2 Å². The van der Waals surface area contributed by atoms with Crippen LogP contribution >= 0.6 is 0 Å². The standard InChI is InChI=1S/C52H73N3O7/c1-31(2)37-19-25-52(27-26-50(7)38(42(37)52)17-18-40-49(6)23-21-41(57)48(4,5)39(49)20-24-51(40,50)8)47(61)53-28-22-33-11-10-12-36(29-33)44(58)54-30-34-13-15-35(16-14-34)45(59)55-43(32(3)56)46(60)62-9/h10-16,29,32,37-43,56-57H,1,17-28,30H2,2-9H3,(H,53,61)(H,54,58)(H,55,59)/t32-,37-,38?,39?,40?,41-,42?,43+,49-,50+,51+,52-/m0/s1. The molecule has 5 saturated carbocycles. The van der Waals surface area contributed by atoms with Gasteiger partial charge in [-0.15, -0.1) is 0 Å². The largest absolute Gasteiger partial charge is 0.467 e. The number of rotatable bonds is 12. The summed E-state index contributed by atoms with van der Waals surface area (Å²) in [6, 6.07) is 13.0. The van der Waals surface area contributed by atoms with Crippen LogP contribution in [-0.2, 0) is 27.3 Å². The molecule has 12 atom stereocenters. The second-order valence-electron chi connectivity index (χ2n) is 21.5. The van der Waals surface area contributed by atoms with Crippen LogP contribution in [0.4, 0.5) is 0 Å². The minimum absolute atomic E-state index is 0.0734. The average molecular weight is 852 g/mol. The molecule has 2 aromatic rings. The van der Waals surface area contributed by atoms with Crippen LogP contribution in [-0.4, -0.2) is 65.8 Å². The molecule has 0 aliphatic heterocycles. The Balaban J connectivity index is 0.977. The van der Waals surface area contributed by atoms with E-state index in [1.165, 1.54) is 38.9 Å². The lowest BCUT2D eigenvalue weighted by molar-refractivity contribution is -0.246. The van der Waals surface area contributed by atoms with Gasteiger partial charge in [0.2, 0.25) is 5.91 Å². The van der Waals surface area contributed by atoms with Crippen LogP contribution in [0, 0.1) is 56.7 Å². The van der Waals surface area contributed by atoms with Gasteiger partial charge in [0.15, 0.2) is 6.04 Å². The van der Waals surface area contributed by atoms with Crippen molar-refractivity contribution in [3.63, 3.8) is 0 Å². The van der Waals surface area contributed by atoms with Crippen molar-refractivity contribution in [2.75, 3.05) is 13.7 Å². The van der Waals surface area contributed by atoms with Crippen LogP contribution in [0.25, 0.3) is 0 Å². The maximum atomic E-state index is 14.7. The van der Waals surface area contributed by atoms with Gasteiger partial charge >= 0.3 is 5.97 Å². The predicted molar refractivity (Wildman–Crippen MR) is 241 cm³/mol. The molecule has 2 aromatic carbocycles. The van der Waals surface area contributed by atoms with E-state index >= 15 is 0 Å². The highest BCUT2D eigenvalue weighted by molar-refractivity contribution is 5.97. The fourth-order valence-corrected chi connectivity index (χ4v) is 14.7. The molecule has 7 rings (SSSR count). The van der Waals surface area contributed by atoms with Gasteiger partial charge in [-0.1, -0.05) is 71.0 Å². The zero-order chi connectivity index (χ0) is 45.0. The van der Waals surface area contributed by atoms with Gasteiger partial charge in [0.05, 0.1) is 24.7 Å². The number of nitrogens with one attached hydrogen (secondary N) is 3. The second-order valence-corrected chi connectivity index (χ2v) is 21.5. The predicted octanol–water partition coefficient (Wildman–Crippen LogP) is 7.95. The summed E-state index contributed by atoms with van der Waals surface area (Å²) in [5, 5.41) is 29.9. The molecule has 0 saturated heterocycles. The number of aliphatic hydroxyl groups is 2. The second kappa shape index (κ2) is 17.2. The van der Waals surface area contributed by atoms with Crippen molar-refractivity contribution in [1.82, 2.24) is 16.0 Å². The minimum atomic E-state index is -1.19. The molecule has 4 unspecified atom stereocenters. The number of esters is 1. The summed E-state index contributed by atoms with van der Waals surface area (Å²) in [6.07, 6.45) is 9.89. The number of hydrogen-bond acceptors (Lipinski definition) is 7. The molecule has 3 amide bonds. The molecule has 5 fully saturated rings. The molecule has 10 nitrogen and oxygen atoms in total. The van der Waals surface area contributed by atoms with Gasteiger partial charge in [-0.3, -0.25) is 14.4 Å². The van der Waals surface area contributed by atoms with Gasteiger partial charge in [-0.05, 0) is 171 Å². The smallest absolute Gasteiger partial charge is 0.331 e. The number of ether oxygens (including phenoxy) is 1. The molecule has 10 heteroatoms. The first-order chi connectivity index (χ1) is 29.2. The first-order valence-corrected chi connectivity index (χ1v) is 23.4. The van der Waals surface area contributed by atoms with E-state index in [0.29, 0.717) is 47.8 Å². The molecule has 338 valence electrons. The molecular weight excluding hydrogens is 779 g/mol. The average Bonchev–Trinajstić information content (AvgIpc) is 3.65. The summed E-state index contributed by atoms with van der Waals surface area (Å²) in [6.45, 7) is 21.3. The molecule has 5 aliphatic carbocycles. The third-order valence-electron chi connectivity index (χ3n) is 18.3. The van der Waals surface area contributed by atoms with Crippen LogP contribution in [0.3, 0.4) is 0 Å². The van der Waals surface area contributed by atoms with E-state index in [0.717, 1.165) is 56.1 Å². The summed E-state index contributed by atoms with van der Waals surface area (Å²) in [5.74, 6) is 0.928. The Morgan fingerprint density at radius 1 is 0.806 bits per heavy atom. The van der Waals surface area contributed by atoms with E-state index in [9.17, 15) is 29.4 Å². The van der Waals surface area contributed by atoms with Crippen molar-refractivity contribution < 1.29 is 34.1 Å². The quantitative estimate of drug-likeness (QED) is 0.107. The van der Waals surface area contributed by atoms with E-state index < -0.39 is 29.4 Å². The van der Waals surface area contributed by atoms with Crippen LogP contribution in [0.15, 0.2) is 60.7 Å². The minimum Gasteiger partial charge on any atom is -0.467 e. The zero-order valence-electron chi connectivity index (χ0n) is 38.6. The highest BCUT2D eigenvalue weighted by Gasteiger charge is 2.71. The van der Waals surface area contributed by atoms with E-state index in [-0.39, 0.29) is 52.0 Å². The van der Waals surface area contributed by atoms with Gasteiger partial charge in [0.25, 0.3) is 11.8 Å². The Labute approximate surface area is 369 Å². The Hall–Kier alpha value is -4.02. The Morgan fingerprint density at radius 2 is 1.53 bits per heavy atom. The number of aliphatic hydroxyl groups excluding tert-OH is 2. The van der Waals surface area contributed by atoms with Gasteiger partial charge in [-0.25, -0.2) is 4.79 Å². The monoisotopic (exact) mass is 852 g/mol. The topological polar surface area (TPSA) is 154 Å². The summed E-state index contributed by atoms with van der Waals surface area (Å²) in [5.41, 5.74) is 3.87. The Kier molecular flexibility index (Phi) is 12.7. The maximum Gasteiger partial charge on any atom is 0.331 e. The Morgan fingerprint density at radius 3 is 2.21 bits per heavy atom.